The zero-order chi connectivity index (χ0) is 24.3. The van der Waals surface area contributed by atoms with E-state index in [1.807, 2.05) is 60.7 Å². The lowest BCUT2D eigenvalue weighted by atomic mass is 10.2. The summed E-state index contributed by atoms with van der Waals surface area (Å²) in [7, 11) is -3.91. The van der Waals surface area contributed by atoms with Crippen molar-refractivity contribution in [3.63, 3.8) is 0 Å². The summed E-state index contributed by atoms with van der Waals surface area (Å²) in [5, 5.41) is 0. The molecule has 0 spiro atoms. The first kappa shape index (κ1) is 25.4. The quantitative estimate of drug-likeness (QED) is 0.436. The first-order valence-electron chi connectivity index (χ1n) is 11.1. The van der Waals surface area contributed by atoms with E-state index in [0.29, 0.717) is 0 Å². The molecule has 1 amide bonds. The van der Waals surface area contributed by atoms with E-state index in [4.69, 9.17) is 18.5 Å². The third kappa shape index (κ3) is 6.45. The number of benzene rings is 2. The number of carbonyl (C=O) groups is 1. The summed E-state index contributed by atoms with van der Waals surface area (Å²) < 4.78 is 38.0. The van der Waals surface area contributed by atoms with Gasteiger partial charge >= 0.3 is 13.7 Å². The molecule has 1 unspecified atom stereocenters. The third-order valence-corrected chi connectivity index (χ3v) is 7.44. The second kappa shape index (κ2) is 9.98. The van der Waals surface area contributed by atoms with Crippen LogP contribution < -0.4 is 0 Å². The van der Waals surface area contributed by atoms with Crippen LogP contribution in [0.5, 0.6) is 0 Å². The highest BCUT2D eigenvalue weighted by Gasteiger charge is 2.58. The van der Waals surface area contributed by atoms with Crippen molar-refractivity contribution in [2.24, 2.45) is 0 Å². The van der Waals surface area contributed by atoms with Gasteiger partial charge in [0.05, 0.1) is 19.3 Å². The number of nitrogens with zero attached hydrogens (tertiary/aromatic N) is 1. The van der Waals surface area contributed by atoms with E-state index >= 15 is 0 Å². The van der Waals surface area contributed by atoms with Crippen LogP contribution in [0.2, 0.25) is 0 Å². The zero-order valence-corrected chi connectivity index (χ0v) is 21.1. The second-order valence-corrected chi connectivity index (χ2v) is 11.7. The van der Waals surface area contributed by atoms with E-state index in [0.717, 1.165) is 11.1 Å². The minimum absolute atomic E-state index is 0.0682. The number of hydrogen-bond donors (Lipinski definition) is 0. The first-order chi connectivity index (χ1) is 15.4. The molecule has 33 heavy (non-hydrogen) atoms. The fraction of sp³-hybridized carbons (Fsp3) is 0.480. The molecular weight excluding hydrogens is 441 g/mol. The van der Waals surface area contributed by atoms with Crippen molar-refractivity contribution in [1.29, 1.82) is 0 Å². The van der Waals surface area contributed by atoms with Gasteiger partial charge in [-0.1, -0.05) is 60.7 Å². The van der Waals surface area contributed by atoms with Gasteiger partial charge in [-0.2, -0.15) is 0 Å². The molecule has 1 aliphatic heterocycles. The largest absolute Gasteiger partial charge is 0.444 e. The lowest BCUT2D eigenvalue weighted by Crippen LogP contribution is -2.50. The maximum atomic E-state index is 14.4. The Morgan fingerprint density at radius 2 is 1.42 bits per heavy atom. The SMILES string of the molecule is C[C@H]1OC(C)(C)N(C(=O)OC(C)(C)C)C1P(=O)(OCc1ccccc1)OCc1ccccc1. The molecule has 1 heterocycles. The van der Waals surface area contributed by atoms with Gasteiger partial charge in [-0.25, -0.2) is 4.79 Å². The van der Waals surface area contributed by atoms with Crippen molar-refractivity contribution in [2.75, 3.05) is 0 Å². The van der Waals surface area contributed by atoms with Crippen molar-refractivity contribution < 1.29 is 27.9 Å². The molecular formula is C25H34NO6P. The molecule has 8 heteroatoms. The highest BCUT2D eigenvalue weighted by atomic mass is 31.2. The van der Waals surface area contributed by atoms with Crippen LogP contribution in [0.3, 0.4) is 0 Å². The molecule has 0 N–H and O–H groups in total. The minimum atomic E-state index is -3.91. The summed E-state index contributed by atoms with van der Waals surface area (Å²) in [4.78, 5) is 14.6. The van der Waals surface area contributed by atoms with E-state index in [2.05, 4.69) is 0 Å². The normalized spacial score (nSPS) is 20.6. The van der Waals surface area contributed by atoms with Gasteiger partial charge in [0.25, 0.3) is 0 Å². The van der Waals surface area contributed by atoms with E-state index < -0.39 is 36.9 Å². The summed E-state index contributed by atoms with van der Waals surface area (Å²) in [6.45, 7) is 10.7. The number of rotatable bonds is 7. The first-order valence-corrected chi connectivity index (χ1v) is 12.7. The summed E-state index contributed by atoms with van der Waals surface area (Å²) in [6, 6.07) is 18.8. The van der Waals surface area contributed by atoms with Crippen molar-refractivity contribution in [2.45, 2.75) is 78.0 Å². The summed E-state index contributed by atoms with van der Waals surface area (Å²) in [5.74, 6) is -0.977. The number of ether oxygens (including phenoxy) is 2. The van der Waals surface area contributed by atoms with Crippen molar-refractivity contribution in [3.8, 4) is 0 Å². The van der Waals surface area contributed by atoms with Crippen molar-refractivity contribution in [1.82, 2.24) is 4.90 Å². The zero-order valence-electron chi connectivity index (χ0n) is 20.2. The summed E-state index contributed by atoms with van der Waals surface area (Å²) in [5.41, 5.74) is -0.108. The number of hydrogen-bond acceptors (Lipinski definition) is 6. The Morgan fingerprint density at radius 3 is 1.85 bits per heavy atom. The predicted molar refractivity (Wildman–Crippen MR) is 127 cm³/mol. The number of amides is 1. The molecule has 1 aliphatic rings. The van der Waals surface area contributed by atoms with Gasteiger partial charge < -0.3 is 18.5 Å². The Kier molecular flexibility index (Phi) is 7.69. The molecule has 0 aromatic heterocycles. The molecule has 2 aromatic carbocycles. The second-order valence-electron chi connectivity index (χ2n) is 9.59. The Hall–Kier alpha value is -2.18. The Balaban J connectivity index is 1.94. The van der Waals surface area contributed by atoms with Gasteiger partial charge in [0.2, 0.25) is 0 Å². The monoisotopic (exact) mass is 475 g/mol. The molecule has 2 atom stereocenters. The molecule has 0 bridgehead atoms. The van der Waals surface area contributed by atoms with Crippen LogP contribution in [0.4, 0.5) is 4.79 Å². The van der Waals surface area contributed by atoms with Crippen LogP contribution in [-0.4, -0.2) is 34.2 Å². The fourth-order valence-corrected chi connectivity index (χ4v) is 6.07. The van der Waals surface area contributed by atoms with Gasteiger partial charge in [-0.3, -0.25) is 9.46 Å². The standard InChI is InChI=1S/C25H34NO6P/c1-19-22(26(25(5,6)31-19)23(27)32-24(2,3)4)33(28,29-17-20-13-9-7-10-14-20)30-18-21-15-11-8-12-16-21/h7-16,19,22H,17-18H2,1-6H3/t19-,22?/m1/s1. The van der Waals surface area contributed by atoms with E-state index in [1.54, 1.807) is 41.5 Å². The van der Waals surface area contributed by atoms with Crippen molar-refractivity contribution >= 4 is 13.7 Å². The summed E-state index contributed by atoms with van der Waals surface area (Å²) >= 11 is 0. The Bertz CT molecular complexity index is 926. The summed E-state index contributed by atoms with van der Waals surface area (Å²) in [6.07, 6.45) is -1.24. The lowest BCUT2D eigenvalue weighted by molar-refractivity contribution is -0.0752. The van der Waals surface area contributed by atoms with Crippen LogP contribution in [0.15, 0.2) is 60.7 Å². The highest BCUT2D eigenvalue weighted by molar-refractivity contribution is 7.54. The minimum Gasteiger partial charge on any atom is -0.444 e. The maximum Gasteiger partial charge on any atom is 0.413 e. The van der Waals surface area contributed by atoms with Crippen LogP contribution >= 0.6 is 7.60 Å². The highest BCUT2D eigenvalue weighted by Crippen LogP contribution is 2.60. The average Bonchev–Trinajstić information content (AvgIpc) is 3.00. The number of carbonyl (C=O) groups excluding carboxylic acids is 1. The molecule has 0 saturated carbocycles. The van der Waals surface area contributed by atoms with Crippen molar-refractivity contribution in [3.05, 3.63) is 71.8 Å². The fourth-order valence-electron chi connectivity index (χ4n) is 3.81. The van der Waals surface area contributed by atoms with E-state index in [9.17, 15) is 9.36 Å². The molecule has 1 saturated heterocycles. The molecule has 2 aromatic rings. The van der Waals surface area contributed by atoms with E-state index in [1.165, 1.54) is 4.90 Å². The molecule has 0 radical (unpaired) electrons. The topological polar surface area (TPSA) is 74.3 Å². The average molecular weight is 476 g/mol. The Labute approximate surface area is 196 Å². The predicted octanol–water partition coefficient (Wildman–Crippen LogP) is 6.33. The third-order valence-electron chi connectivity index (χ3n) is 5.16. The smallest absolute Gasteiger partial charge is 0.413 e. The van der Waals surface area contributed by atoms with Crippen LogP contribution in [0, 0.1) is 0 Å². The van der Waals surface area contributed by atoms with Crippen LogP contribution in [0.1, 0.15) is 52.7 Å². The maximum absolute atomic E-state index is 14.4. The Morgan fingerprint density at radius 1 is 0.970 bits per heavy atom. The van der Waals surface area contributed by atoms with Crippen LogP contribution in [0.25, 0.3) is 0 Å². The molecule has 1 fully saturated rings. The molecule has 180 valence electrons. The van der Waals surface area contributed by atoms with Crippen LogP contribution in [-0.2, 0) is 36.3 Å². The van der Waals surface area contributed by atoms with Gasteiger partial charge in [0, 0.05) is 0 Å². The molecule has 0 aliphatic carbocycles. The molecule has 7 nitrogen and oxygen atoms in total. The van der Waals surface area contributed by atoms with Gasteiger partial charge in [-0.15, -0.1) is 0 Å². The molecule has 3 rings (SSSR count). The van der Waals surface area contributed by atoms with E-state index in [-0.39, 0.29) is 13.2 Å². The van der Waals surface area contributed by atoms with Gasteiger partial charge in [-0.05, 0) is 52.7 Å². The lowest BCUT2D eigenvalue weighted by Gasteiger charge is -2.37. The van der Waals surface area contributed by atoms with Gasteiger partial charge in [0.15, 0.2) is 5.78 Å². The van der Waals surface area contributed by atoms with Gasteiger partial charge in [0.1, 0.15) is 11.3 Å².